The Bertz CT molecular complexity index is 632. The zero-order valence-corrected chi connectivity index (χ0v) is 15.2. The van der Waals surface area contributed by atoms with E-state index in [0.29, 0.717) is 5.69 Å². The number of amides is 1. The van der Waals surface area contributed by atoms with E-state index in [1.165, 1.54) is 4.88 Å². The number of benzene rings is 1. The molecule has 0 saturated carbocycles. The molecular weight excluding hydrogens is 364 g/mol. The fraction of sp³-hybridized carbons (Fsp3) is 0.312. The molecule has 0 aliphatic heterocycles. The van der Waals surface area contributed by atoms with Crippen LogP contribution < -0.4 is 10.6 Å². The van der Waals surface area contributed by atoms with Crippen molar-refractivity contribution in [2.45, 2.75) is 32.9 Å². The number of anilines is 2. The number of carbonyl (C=O) groups excluding carboxylic acids is 1. The zero-order chi connectivity index (χ0) is 16.2. The maximum atomic E-state index is 11.7. The average Bonchev–Trinajstić information content (AvgIpc) is 2.81. The summed E-state index contributed by atoms with van der Waals surface area (Å²) in [5.41, 5.74) is 1.21. The lowest BCUT2D eigenvalue weighted by Crippen LogP contribution is -2.27. The molecule has 118 valence electrons. The first-order chi connectivity index (χ1) is 10.3. The number of hydrogen-bond acceptors (Lipinski definition) is 4. The van der Waals surface area contributed by atoms with Crippen molar-refractivity contribution in [2.24, 2.45) is 0 Å². The molecule has 4 nitrogen and oxygen atoms in total. The highest BCUT2D eigenvalue weighted by Crippen LogP contribution is 2.23. The van der Waals surface area contributed by atoms with Crippen LogP contribution in [-0.4, -0.2) is 11.7 Å². The molecule has 0 atom stereocenters. The largest absolute Gasteiger partial charge is 0.444 e. The molecule has 2 rings (SSSR count). The third kappa shape index (κ3) is 5.69. The van der Waals surface area contributed by atoms with Crippen LogP contribution in [0.2, 0.25) is 0 Å². The molecule has 22 heavy (non-hydrogen) atoms. The second-order valence-electron chi connectivity index (χ2n) is 5.76. The summed E-state index contributed by atoms with van der Waals surface area (Å²) < 4.78 is 6.34. The standard InChI is InChI=1S/C16H19BrN2O2S/c1-16(2,3)21-15(20)19-12-6-4-11(5-7-12)18-10-13-8-9-14(17)22-13/h4-9,18H,10H2,1-3H3,(H,19,20). The van der Waals surface area contributed by atoms with E-state index < -0.39 is 11.7 Å². The van der Waals surface area contributed by atoms with Crippen molar-refractivity contribution in [1.82, 2.24) is 0 Å². The molecular formula is C16H19BrN2O2S. The van der Waals surface area contributed by atoms with Gasteiger partial charge < -0.3 is 10.1 Å². The summed E-state index contributed by atoms with van der Waals surface area (Å²) in [5, 5.41) is 6.05. The minimum absolute atomic E-state index is 0.448. The van der Waals surface area contributed by atoms with E-state index in [-0.39, 0.29) is 0 Å². The molecule has 2 N–H and O–H groups in total. The molecule has 0 aliphatic carbocycles. The molecule has 0 bridgehead atoms. The maximum Gasteiger partial charge on any atom is 0.412 e. The third-order valence-corrected chi connectivity index (χ3v) is 4.25. The number of thiophene rings is 1. The minimum atomic E-state index is -0.499. The normalized spacial score (nSPS) is 11.1. The van der Waals surface area contributed by atoms with E-state index in [1.54, 1.807) is 11.3 Å². The smallest absolute Gasteiger partial charge is 0.412 e. The quantitative estimate of drug-likeness (QED) is 0.736. The highest BCUT2D eigenvalue weighted by atomic mass is 79.9. The first kappa shape index (κ1) is 16.8. The van der Waals surface area contributed by atoms with Gasteiger partial charge in [0.05, 0.1) is 3.79 Å². The summed E-state index contributed by atoms with van der Waals surface area (Å²) in [6.45, 7) is 6.28. The van der Waals surface area contributed by atoms with Gasteiger partial charge in [0.15, 0.2) is 0 Å². The summed E-state index contributed by atoms with van der Waals surface area (Å²) in [5.74, 6) is 0. The van der Waals surface area contributed by atoms with Crippen LogP contribution in [0.15, 0.2) is 40.2 Å². The van der Waals surface area contributed by atoms with Crippen LogP contribution in [0.25, 0.3) is 0 Å². The van der Waals surface area contributed by atoms with Crippen LogP contribution in [0, 0.1) is 0 Å². The van der Waals surface area contributed by atoms with Gasteiger partial charge in [0.2, 0.25) is 0 Å². The Balaban J connectivity index is 1.86. The van der Waals surface area contributed by atoms with Crippen LogP contribution in [0.1, 0.15) is 25.6 Å². The van der Waals surface area contributed by atoms with E-state index in [2.05, 4.69) is 32.6 Å². The van der Waals surface area contributed by atoms with E-state index >= 15 is 0 Å². The topological polar surface area (TPSA) is 50.4 Å². The van der Waals surface area contributed by atoms with E-state index in [0.717, 1.165) is 16.0 Å². The van der Waals surface area contributed by atoms with Crippen molar-refractivity contribution in [1.29, 1.82) is 0 Å². The number of nitrogens with one attached hydrogen (secondary N) is 2. The summed E-state index contributed by atoms with van der Waals surface area (Å²) in [4.78, 5) is 12.9. The molecule has 0 fully saturated rings. The number of ether oxygens (including phenoxy) is 1. The van der Waals surface area contributed by atoms with Gasteiger partial charge in [-0.25, -0.2) is 4.79 Å². The van der Waals surface area contributed by atoms with Gasteiger partial charge in [0.25, 0.3) is 0 Å². The molecule has 6 heteroatoms. The van der Waals surface area contributed by atoms with Gasteiger partial charge in [-0.1, -0.05) is 0 Å². The highest BCUT2D eigenvalue weighted by molar-refractivity contribution is 9.11. The van der Waals surface area contributed by atoms with E-state index in [9.17, 15) is 4.79 Å². The number of halogens is 1. The van der Waals surface area contributed by atoms with E-state index in [1.807, 2.05) is 51.1 Å². The van der Waals surface area contributed by atoms with Crippen LogP contribution in [-0.2, 0) is 11.3 Å². The molecule has 1 aromatic heterocycles. The Morgan fingerprint density at radius 1 is 1.14 bits per heavy atom. The van der Waals surface area contributed by atoms with Gasteiger partial charge in [-0.2, -0.15) is 0 Å². The summed E-state index contributed by atoms with van der Waals surface area (Å²) in [6, 6.07) is 11.7. The van der Waals surface area contributed by atoms with Crippen molar-refractivity contribution in [2.75, 3.05) is 10.6 Å². The van der Waals surface area contributed by atoms with Gasteiger partial charge in [0.1, 0.15) is 5.60 Å². The summed E-state index contributed by atoms with van der Waals surface area (Å²) >= 11 is 5.15. The Hall–Kier alpha value is -1.53. The fourth-order valence-electron chi connectivity index (χ4n) is 1.73. The van der Waals surface area contributed by atoms with Gasteiger partial charge in [0, 0.05) is 22.8 Å². The van der Waals surface area contributed by atoms with Crippen molar-refractivity contribution in [3.63, 3.8) is 0 Å². The highest BCUT2D eigenvalue weighted by Gasteiger charge is 2.15. The average molecular weight is 383 g/mol. The summed E-state index contributed by atoms with van der Waals surface area (Å²) in [6.07, 6.45) is -0.448. The predicted molar refractivity (Wildman–Crippen MR) is 95.6 cm³/mol. The SMILES string of the molecule is CC(C)(C)OC(=O)Nc1ccc(NCc2ccc(Br)s2)cc1. The van der Waals surface area contributed by atoms with Crippen molar-refractivity contribution < 1.29 is 9.53 Å². The third-order valence-electron chi connectivity index (χ3n) is 2.63. The first-order valence-corrected chi connectivity index (χ1v) is 8.51. The van der Waals surface area contributed by atoms with Crippen LogP contribution in [0.3, 0.4) is 0 Å². The first-order valence-electron chi connectivity index (χ1n) is 6.90. The molecule has 1 amide bonds. The minimum Gasteiger partial charge on any atom is -0.444 e. The lowest BCUT2D eigenvalue weighted by molar-refractivity contribution is 0.0636. The predicted octanol–water partition coefficient (Wildman–Crippen LogP) is 5.47. The molecule has 1 heterocycles. The van der Waals surface area contributed by atoms with E-state index in [4.69, 9.17) is 4.74 Å². The van der Waals surface area contributed by atoms with Gasteiger partial charge in [-0.3, -0.25) is 5.32 Å². The van der Waals surface area contributed by atoms with Crippen LogP contribution in [0.4, 0.5) is 16.2 Å². The second kappa shape index (κ2) is 7.15. The molecule has 0 unspecified atom stereocenters. The van der Waals surface area contributed by atoms with Gasteiger partial charge in [-0.15, -0.1) is 11.3 Å². The van der Waals surface area contributed by atoms with Gasteiger partial charge >= 0.3 is 6.09 Å². The Kier molecular flexibility index (Phi) is 5.47. The number of rotatable bonds is 4. The van der Waals surface area contributed by atoms with Gasteiger partial charge in [-0.05, 0) is 73.1 Å². The molecule has 2 aromatic rings. The molecule has 1 aromatic carbocycles. The summed E-state index contributed by atoms with van der Waals surface area (Å²) in [7, 11) is 0. The van der Waals surface area contributed by atoms with Crippen molar-refractivity contribution in [3.8, 4) is 0 Å². The Morgan fingerprint density at radius 2 is 1.77 bits per heavy atom. The number of carbonyl (C=O) groups is 1. The zero-order valence-electron chi connectivity index (χ0n) is 12.8. The lowest BCUT2D eigenvalue weighted by Gasteiger charge is -2.19. The fourth-order valence-corrected chi connectivity index (χ4v) is 3.15. The maximum absolute atomic E-state index is 11.7. The second-order valence-corrected chi connectivity index (χ2v) is 8.31. The molecule has 0 saturated heterocycles. The molecule has 0 spiro atoms. The Labute approximate surface area is 143 Å². The van der Waals surface area contributed by atoms with Crippen LogP contribution >= 0.6 is 27.3 Å². The molecule has 0 aliphatic rings. The molecule has 0 radical (unpaired) electrons. The monoisotopic (exact) mass is 382 g/mol. The lowest BCUT2D eigenvalue weighted by atomic mass is 10.2. The Morgan fingerprint density at radius 3 is 2.32 bits per heavy atom. The van der Waals surface area contributed by atoms with Crippen molar-refractivity contribution >= 4 is 44.7 Å². The number of hydrogen-bond donors (Lipinski definition) is 2. The van der Waals surface area contributed by atoms with Crippen molar-refractivity contribution in [3.05, 3.63) is 45.1 Å². The van der Waals surface area contributed by atoms with Crippen LogP contribution in [0.5, 0.6) is 0 Å².